The van der Waals surface area contributed by atoms with Gasteiger partial charge in [0.1, 0.15) is 11.3 Å². The average Bonchev–Trinajstić information content (AvgIpc) is 3.61. The number of allylic oxidation sites excluding steroid dienone is 3. The molecule has 0 aliphatic rings. The number of hydrogen-bond donors (Lipinski definition) is 0. The fourth-order valence-corrected chi connectivity index (χ4v) is 6.62. The summed E-state index contributed by atoms with van der Waals surface area (Å²) in [5.41, 5.74) is 13.6. The maximum absolute atomic E-state index is 6.23. The summed E-state index contributed by atoms with van der Waals surface area (Å²) < 4.78 is 6.23. The van der Waals surface area contributed by atoms with Crippen LogP contribution in [0.5, 0.6) is 0 Å². The molecule has 7 aromatic carbocycles. The Bertz CT molecular complexity index is 2420. The Morgan fingerprint density at radius 3 is 1.47 bits per heavy atom. The zero-order valence-electron chi connectivity index (χ0n) is 28.5. The van der Waals surface area contributed by atoms with Crippen LogP contribution in [0.15, 0.2) is 205 Å². The topological polar surface area (TPSA) is 16.4 Å². The number of hydrogen-bond acceptors (Lipinski definition) is 2. The highest BCUT2D eigenvalue weighted by Crippen LogP contribution is 2.37. The maximum Gasteiger partial charge on any atom is 0.134 e. The van der Waals surface area contributed by atoms with E-state index in [1.165, 1.54) is 27.8 Å². The first-order chi connectivity index (χ1) is 25.2. The van der Waals surface area contributed by atoms with Crippen LogP contribution in [0.4, 0.5) is 17.1 Å². The molecule has 0 aliphatic carbocycles. The summed E-state index contributed by atoms with van der Waals surface area (Å²) in [4.78, 5) is 2.30. The van der Waals surface area contributed by atoms with Gasteiger partial charge < -0.3 is 9.32 Å². The zero-order valence-corrected chi connectivity index (χ0v) is 28.5. The summed E-state index contributed by atoms with van der Waals surface area (Å²) in [6, 6.07) is 66.4. The van der Waals surface area contributed by atoms with E-state index in [1.807, 2.05) is 13.0 Å². The van der Waals surface area contributed by atoms with Crippen LogP contribution in [-0.2, 0) is 0 Å². The van der Waals surface area contributed by atoms with Crippen molar-refractivity contribution >= 4 is 39.7 Å². The van der Waals surface area contributed by atoms with Crippen LogP contribution < -0.4 is 4.90 Å². The van der Waals surface area contributed by atoms with E-state index in [-0.39, 0.29) is 0 Å². The predicted molar refractivity (Wildman–Crippen MR) is 216 cm³/mol. The van der Waals surface area contributed by atoms with Gasteiger partial charge in [0.25, 0.3) is 0 Å². The first-order valence-electron chi connectivity index (χ1n) is 17.4. The highest BCUT2D eigenvalue weighted by molar-refractivity contribution is 5.91. The molecule has 0 bridgehead atoms. The maximum atomic E-state index is 6.23. The standard InChI is InChI=1S/C49H37NO/c1-2-12-42(37-15-8-4-9-16-37)34-48-35-44-33-43(27-32-49(44)51-48)41-21-19-38(20-22-41)40-25-30-47(31-26-40)50(45-17-10-5-11-18-45)46-28-23-39(24-29-46)36-13-6-3-7-14-36/h2-35H,1H3/b12-2-,42-34+. The van der Waals surface area contributed by atoms with Gasteiger partial charge in [0, 0.05) is 22.4 Å². The minimum atomic E-state index is 0.841. The highest BCUT2D eigenvalue weighted by Gasteiger charge is 2.13. The molecule has 0 spiro atoms. The predicted octanol–water partition coefficient (Wildman–Crippen LogP) is 14.0. The van der Waals surface area contributed by atoms with E-state index in [4.69, 9.17) is 4.42 Å². The third-order valence-electron chi connectivity index (χ3n) is 9.21. The van der Waals surface area contributed by atoms with Crippen molar-refractivity contribution in [3.8, 4) is 33.4 Å². The SMILES string of the molecule is C/C=C\C(=C/c1cc2cc(-c3ccc(-c4ccc(N(c5ccccc5)c5ccc(-c6ccccc6)cc5)cc4)cc3)ccc2o1)c1ccccc1. The first-order valence-corrected chi connectivity index (χ1v) is 17.4. The summed E-state index contributed by atoms with van der Waals surface area (Å²) in [6.07, 6.45) is 6.28. The van der Waals surface area contributed by atoms with Crippen molar-refractivity contribution in [1.82, 2.24) is 0 Å². The van der Waals surface area contributed by atoms with E-state index in [0.29, 0.717) is 0 Å². The van der Waals surface area contributed by atoms with Gasteiger partial charge in [-0.05, 0) is 112 Å². The Kier molecular flexibility index (Phi) is 8.96. The molecule has 51 heavy (non-hydrogen) atoms. The van der Waals surface area contributed by atoms with Crippen LogP contribution >= 0.6 is 0 Å². The van der Waals surface area contributed by atoms with Gasteiger partial charge in [-0.2, -0.15) is 0 Å². The molecule has 0 atom stereocenters. The van der Waals surface area contributed by atoms with Gasteiger partial charge in [0.15, 0.2) is 0 Å². The van der Waals surface area contributed by atoms with E-state index >= 15 is 0 Å². The molecule has 0 saturated carbocycles. The Balaban J connectivity index is 1.03. The molecule has 1 aromatic heterocycles. The van der Waals surface area contributed by atoms with E-state index in [9.17, 15) is 0 Å². The summed E-state index contributed by atoms with van der Waals surface area (Å²) in [7, 11) is 0. The van der Waals surface area contributed by atoms with E-state index < -0.39 is 0 Å². The molecule has 8 rings (SSSR count). The molecule has 2 nitrogen and oxygen atoms in total. The Morgan fingerprint density at radius 2 is 0.902 bits per heavy atom. The smallest absolute Gasteiger partial charge is 0.134 e. The van der Waals surface area contributed by atoms with Crippen LogP contribution in [0.25, 0.3) is 56.0 Å². The van der Waals surface area contributed by atoms with Crippen LogP contribution in [0.2, 0.25) is 0 Å². The molecule has 0 N–H and O–H groups in total. The van der Waals surface area contributed by atoms with Crippen molar-refractivity contribution in [3.05, 3.63) is 212 Å². The quantitative estimate of drug-likeness (QED) is 0.144. The van der Waals surface area contributed by atoms with E-state index in [2.05, 4.69) is 205 Å². The Morgan fingerprint density at radius 1 is 0.451 bits per heavy atom. The van der Waals surface area contributed by atoms with Crippen molar-refractivity contribution in [1.29, 1.82) is 0 Å². The normalized spacial score (nSPS) is 11.7. The molecule has 0 unspecified atom stereocenters. The number of nitrogens with zero attached hydrogens (tertiary/aromatic N) is 1. The van der Waals surface area contributed by atoms with Crippen molar-refractivity contribution in [2.24, 2.45) is 0 Å². The van der Waals surface area contributed by atoms with Crippen molar-refractivity contribution in [3.63, 3.8) is 0 Å². The molecule has 244 valence electrons. The lowest BCUT2D eigenvalue weighted by Gasteiger charge is -2.26. The summed E-state index contributed by atoms with van der Waals surface area (Å²) >= 11 is 0. The Labute approximate surface area is 299 Å². The van der Waals surface area contributed by atoms with Gasteiger partial charge in [0.05, 0.1) is 0 Å². The molecule has 8 aromatic rings. The lowest BCUT2D eigenvalue weighted by Crippen LogP contribution is -2.09. The average molecular weight is 656 g/mol. The molecule has 0 radical (unpaired) electrons. The van der Waals surface area contributed by atoms with Crippen LogP contribution in [0, 0.1) is 0 Å². The number of furan rings is 1. The van der Waals surface area contributed by atoms with Crippen LogP contribution in [0.1, 0.15) is 18.2 Å². The molecule has 0 fully saturated rings. The number of anilines is 3. The monoisotopic (exact) mass is 655 g/mol. The Hall–Kier alpha value is -6.64. The second-order valence-electron chi connectivity index (χ2n) is 12.6. The number of para-hydroxylation sites is 1. The second-order valence-corrected chi connectivity index (χ2v) is 12.6. The van der Waals surface area contributed by atoms with Crippen molar-refractivity contribution < 1.29 is 4.42 Å². The minimum Gasteiger partial charge on any atom is -0.457 e. The third-order valence-corrected chi connectivity index (χ3v) is 9.21. The fourth-order valence-electron chi connectivity index (χ4n) is 6.62. The van der Waals surface area contributed by atoms with Crippen molar-refractivity contribution in [2.75, 3.05) is 4.90 Å². The van der Waals surface area contributed by atoms with E-state index in [0.717, 1.165) is 50.5 Å². The van der Waals surface area contributed by atoms with Gasteiger partial charge in [0.2, 0.25) is 0 Å². The molecule has 1 heterocycles. The van der Waals surface area contributed by atoms with Crippen LogP contribution in [-0.4, -0.2) is 0 Å². The number of rotatable bonds is 9. The number of fused-ring (bicyclic) bond motifs is 1. The van der Waals surface area contributed by atoms with Gasteiger partial charge >= 0.3 is 0 Å². The highest BCUT2D eigenvalue weighted by atomic mass is 16.3. The molecule has 0 saturated heterocycles. The van der Waals surface area contributed by atoms with Gasteiger partial charge in [-0.25, -0.2) is 0 Å². The summed E-state index contributed by atoms with van der Waals surface area (Å²) in [5, 5.41) is 1.09. The summed E-state index contributed by atoms with van der Waals surface area (Å²) in [6.45, 7) is 2.04. The lowest BCUT2D eigenvalue weighted by molar-refractivity contribution is 0.604. The van der Waals surface area contributed by atoms with Gasteiger partial charge in [-0.15, -0.1) is 0 Å². The molecular formula is C49H37NO. The fraction of sp³-hybridized carbons (Fsp3) is 0.0204. The molecule has 0 aliphatic heterocycles. The summed E-state index contributed by atoms with van der Waals surface area (Å²) in [5.74, 6) is 0.841. The lowest BCUT2D eigenvalue weighted by atomic mass is 9.99. The minimum absolute atomic E-state index is 0.841. The second kappa shape index (κ2) is 14.5. The molecule has 0 amide bonds. The largest absolute Gasteiger partial charge is 0.457 e. The van der Waals surface area contributed by atoms with Crippen LogP contribution in [0.3, 0.4) is 0 Å². The zero-order chi connectivity index (χ0) is 34.4. The van der Waals surface area contributed by atoms with Crippen molar-refractivity contribution in [2.45, 2.75) is 6.92 Å². The molecular weight excluding hydrogens is 619 g/mol. The molecule has 2 heteroatoms. The van der Waals surface area contributed by atoms with Gasteiger partial charge in [-0.1, -0.05) is 146 Å². The van der Waals surface area contributed by atoms with Gasteiger partial charge in [-0.3, -0.25) is 0 Å². The third kappa shape index (κ3) is 6.94. The number of benzene rings is 7. The van der Waals surface area contributed by atoms with E-state index in [1.54, 1.807) is 0 Å². The first kappa shape index (κ1) is 31.6.